The van der Waals surface area contributed by atoms with Gasteiger partial charge in [0, 0.05) is 25.2 Å². The van der Waals surface area contributed by atoms with E-state index in [0.717, 1.165) is 43.5 Å². The Morgan fingerprint density at radius 2 is 1.63 bits per heavy atom. The first-order valence-electron chi connectivity index (χ1n) is 9.59. The molecule has 3 rings (SSSR count). The molecular formula is C22H27N3O2. The summed E-state index contributed by atoms with van der Waals surface area (Å²) in [5, 5.41) is 5.71. The van der Waals surface area contributed by atoms with E-state index in [-0.39, 0.29) is 11.9 Å². The second kappa shape index (κ2) is 9.21. The summed E-state index contributed by atoms with van der Waals surface area (Å²) in [5.74, 6) is -0.00221. The first kappa shape index (κ1) is 19.0. The van der Waals surface area contributed by atoms with Crippen molar-refractivity contribution >= 4 is 17.6 Å². The minimum atomic E-state index is -0.573. The first-order chi connectivity index (χ1) is 13.1. The fourth-order valence-electron chi connectivity index (χ4n) is 3.35. The van der Waals surface area contributed by atoms with E-state index in [9.17, 15) is 9.59 Å². The Kier molecular flexibility index (Phi) is 6.47. The van der Waals surface area contributed by atoms with Gasteiger partial charge in [0.15, 0.2) is 0 Å². The molecule has 0 radical (unpaired) electrons. The maximum absolute atomic E-state index is 13.0. The summed E-state index contributed by atoms with van der Waals surface area (Å²) < 4.78 is 0. The standard InChI is InChI=1S/C22H27N3O2/c1-17-10-12-19(13-11-17)23-22(27)24-20(16-18-8-4-2-5-9-18)21(26)25-14-6-3-7-15-25/h2,4-5,8-13,20H,3,6-7,14-16H2,1H3,(H2,23,24,27). The quantitative estimate of drug-likeness (QED) is 0.848. The van der Waals surface area contributed by atoms with Crippen LogP contribution in [-0.4, -0.2) is 36.0 Å². The van der Waals surface area contributed by atoms with Gasteiger partial charge in [0.2, 0.25) is 5.91 Å². The highest BCUT2D eigenvalue weighted by Crippen LogP contribution is 2.13. The number of piperidine rings is 1. The lowest BCUT2D eigenvalue weighted by Gasteiger charge is -2.31. The maximum atomic E-state index is 13.0. The van der Waals surface area contributed by atoms with Gasteiger partial charge in [-0.15, -0.1) is 0 Å². The lowest BCUT2D eigenvalue weighted by Crippen LogP contribution is -2.52. The van der Waals surface area contributed by atoms with Crippen molar-refractivity contribution in [1.29, 1.82) is 0 Å². The minimum Gasteiger partial charge on any atom is -0.341 e. The van der Waals surface area contributed by atoms with Crippen LogP contribution in [0.4, 0.5) is 10.5 Å². The summed E-state index contributed by atoms with van der Waals surface area (Å²) in [4.78, 5) is 27.4. The Balaban J connectivity index is 1.69. The summed E-state index contributed by atoms with van der Waals surface area (Å²) in [7, 11) is 0. The van der Waals surface area contributed by atoms with Crippen LogP contribution < -0.4 is 10.6 Å². The predicted molar refractivity (Wildman–Crippen MR) is 108 cm³/mol. The third kappa shape index (κ3) is 5.58. The predicted octanol–water partition coefficient (Wildman–Crippen LogP) is 3.74. The molecule has 0 saturated carbocycles. The van der Waals surface area contributed by atoms with Crippen LogP contribution in [0.15, 0.2) is 54.6 Å². The molecule has 1 aliphatic rings. The van der Waals surface area contributed by atoms with Crippen molar-refractivity contribution < 1.29 is 9.59 Å². The van der Waals surface area contributed by atoms with Gasteiger partial charge in [0.1, 0.15) is 6.04 Å². The van der Waals surface area contributed by atoms with Crippen LogP contribution in [0.25, 0.3) is 0 Å². The number of amides is 3. The largest absolute Gasteiger partial charge is 0.341 e. The topological polar surface area (TPSA) is 61.4 Å². The molecule has 3 amide bonds. The summed E-state index contributed by atoms with van der Waals surface area (Å²) in [6.45, 7) is 3.54. The molecule has 1 saturated heterocycles. The molecule has 0 aliphatic carbocycles. The number of nitrogens with one attached hydrogen (secondary N) is 2. The second-order valence-electron chi connectivity index (χ2n) is 7.09. The number of likely N-dealkylation sites (tertiary alicyclic amines) is 1. The Morgan fingerprint density at radius 1 is 0.963 bits per heavy atom. The fourth-order valence-corrected chi connectivity index (χ4v) is 3.35. The van der Waals surface area contributed by atoms with Gasteiger partial charge in [-0.1, -0.05) is 48.0 Å². The Hall–Kier alpha value is -2.82. The zero-order valence-corrected chi connectivity index (χ0v) is 15.8. The lowest BCUT2D eigenvalue weighted by atomic mass is 10.0. The molecule has 2 aromatic rings. The highest BCUT2D eigenvalue weighted by Gasteiger charge is 2.27. The molecule has 1 atom stereocenters. The summed E-state index contributed by atoms with van der Waals surface area (Å²) in [6.07, 6.45) is 3.70. The zero-order chi connectivity index (χ0) is 19.1. The van der Waals surface area contributed by atoms with Crippen molar-refractivity contribution in [2.75, 3.05) is 18.4 Å². The van der Waals surface area contributed by atoms with Gasteiger partial charge in [-0.25, -0.2) is 4.79 Å². The normalized spacial score (nSPS) is 15.1. The van der Waals surface area contributed by atoms with Crippen molar-refractivity contribution in [3.05, 3.63) is 65.7 Å². The Labute approximate surface area is 160 Å². The average molecular weight is 365 g/mol. The number of rotatable bonds is 5. The van der Waals surface area contributed by atoms with E-state index in [0.29, 0.717) is 12.1 Å². The Bertz CT molecular complexity index is 753. The van der Waals surface area contributed by atoms with Crippen molar-refractivity contribution in [2.24, 2.45) is 0 Å². The van der Waals surface area contributed by atoms with Crippen LogP contribution >= 0.6 is 0 Å². The molecule has 5 heteroatoms. The highest BCUT2D eigenvalue weighted by atomic mass is 16.2. The van der Waals surface area contributed by atoms with E-state index in [1.165, 1.54) is 0 Å². The van der Waals surface area contributed by atoms with Crippen LogP contribution in [0, 0.1) is 6.92 Å². The first-order valence-corrected chi connectivity index (χ1v) is 9.59. The van der Waals surface area contributed by atoms with Crippen molar-refractivity contribution in [3.8, 4) is 0 Å². The van der Waals surface area contributed by atoms with Crippen LogP contribution in [0.3, 0.4) is 0 Å². The van der Waals surface area contributed by atoms with E-state index >= 15 is 0 Å². The average Bonchev–Trinajstić information content (AvgIpc) is 2.70. The van der Waals surface area contributed by atoms with Gasteiger partial charge in [-0.05, 0) is 43.9 Å². The minimum absolute atomic E-state index is 0.00221. The van der Waals surface area contributed by atoms with Gasteiger partial charge in [0.25, 0.3) is 0 Å². The van der Waals surface area contributed by atoms with Gasteiger partial charge < -0.3 is 15.5 Å². The molecule has 1 heterocycles. The van der Waals surface area contributed by atoms with Crippen LogP contribution in [0.1, 0.15) is 30.4 Å². The highest BCUT2D eigenvalue weighted by molar-refractivity contribution is 5.93. The van der Waals surface area contributed by atoms with Crippen molar-refractivity contribution in [1.82, 2.24) is 10.2 Å². The number of hydrogen-bond acceptors (Lipinski definition) is 2. The second-order valence-corrected chi connectivity index (χ2v) is 7.09. The number of anilines is 1. The molecule has 0 bridgehead atoms. The number of benzene rings is 2. The van der Waals surface area contributed by atoms with Crippen molar-refractivity contribution in [3.63, 3.8) is 0 Å². The summed E-state index contributed by atoms with van der Waals surface area (Å²) >= 11 is 0. The zero-order valence-electron chi connectivity index (χ0n) is 15.8. The van der Waals surface area contributed by atoms with Gasteiger partial charge in [-0.3, -0.25) is 4.79 Å². The number of aryl methyl sites for hydroxylation is 1. The van der Waals surface area contributed by atoms with Crippen LogP contribution in [0.2, 0.25) is 0 Å². The Morgan fingerprint density at radius 3 is 2.30 bits per heavy atom. The molecule has 2 N–H and O–H groups in total. The van der Waals surface area contributed by atoms with E-state index in [4.69, 9.17) is 0 Å². The van der Waals surface area contributed by atoms with Gasteiger partial charge >= 0.3 is 6.03 Å². The fraction of sp³-hybridized carbons (Fsp3) is 0.364. The number of urea groups is 1. The molecule has 1 aliphatic heterocycles. The summed E-state index contributed by atoms with van der Waals surface area (Å²) in [6, 6.07) is 16.5. The SMILES string of the molecule is Cc1ccc(NC(=O)NC(Cc2ccccc2)C(=O)N2CCCCC2)cc1. The van der Waals surface area contributed by atoms with Crippen LogP contribution in [0.5, 0.6) is 0 Å². The molecule has 1 unspecified atom stereocenters. The summed E-state index contributed by atoms with van der Waals surface area (Å²) in [5.41, 5.74) is 2.87. The van der Waals surface area contributed by atoms with E-state index < -0.39 is 6.04 Å². The van der Waals surface area contributed by atoms with E-state index in [1.807, 2.05) is 66.4 Å². The third-order valence-corrected chi connectivity index (χ3v) is 4.86. The van der Waals surface area contributed by atoms with Gasteiger partial charge in [-0.2, -0.15) is 0 Å². The molecule has 2 aromatic carbocycles. The third-order valence-electron chi connectivity index (χ3n) is 4.86. The molecule has 0 spiro atoms. The van der Waals surface area contributed by atoms with E-state index in [1.54, 1.807) is 0 Å². The number of nitrogens with zero attached hydrogens (tertiary/aromatic N) is 1. The molecule has 0 aromatic heterocycles. The number of carbonyl (C=O) groups excluding carboxylic acids is 2. The molecule has 5 nitrogen and oxygen atoms in total. The maximum Gasteiger partial charge on any atom is 0.319 e. The molecular weight excluding hydrogens is 338 g/mol. The monoisotopic (exact) mass is 365 g/mol. The smallest absolute Gasteiger partial charge is 0.319 e. The van der Waals surface area contributed by atoms with Crippen molar-refractivity contribution in [2.45, 2.75) is 38.6 Å². The lowest BCUT2D eigenvalue weighted by molar-refractivity contribution is -0.134. The number of carbonyl (C=O) groups is 2. The van der Waals surface area contributed by atoms with Crippen LogP contribution in [-0.2, 0) is 11.2 Å². The molecule has 142 valence electrons. The molecule has 27 heavy (non-hydrogen) atoms. The number of hydrogen-bond donors (Lipinski definition) is 2. The van der Waals surface area contributed by atoms with Gasteiger partial charge in [0.05, 0.1) is 0 Å². The van der Waals surface area contributed by atoms with E-state index in [2.05, 4.69) is 10.6 Å². The molecule has 1 fully saturated rings.